The lowest BCUT2D eigenvalue weighted by molar-refractivity contribution is -0.201. The molecule has 1 aliphatic rings. The van der Waals surface area contributed by atoms with Crippen molar-refractivity contribution in [3.63, 3.8) is 0 Å². The van der Waals surface area contributed by atoms with E-state index in [1.165, 1.54) is 6.92 Å². The lowest BCUT2D eigenvalue weighted by Crippen LogP contribution is -2.26. The van der Waals surface area contributed by atoms with Gasteiger partial charge in [-0.05, 0) is 24.8 Å². The molecule has 104 valence electrons. The van der Waals surface area contributed by atoms with Gasteiger partial charge in [-0.3, -0.25) is 4.79 Å². The molecule has 0 radical (unpaired) electrons. The molecule has 0 aliphatic carbocycles. The maximum absolute atomic E-state index is 11.0. The first-order chi connectivity index (χ1) is 9.25. The number of ether oxygens (including phenoxy) is 3. The lowest BCUT2D eigenvalue weighted by atomic mass is 10.1. The molecule has 0 aromatic heterocycles. The van der Waals surface area contributed by atoms with Crippen molar-refractivity contribution in [2.75, 3.05) is 13.2 Å². The number of carbonyl (C=O) groups excluding carboxylic acids is 1. The van der Waals surface area contributed by atoms with E-state index >= 15 is 0 Å². The third-order valence-corrected chi connectivity index (χ3v) is 3.06. The van der Waals surface area contributed by atoms with Crippen molar-refractivity contribution in [1.29, 1.82) is 0 Å². The van der Waals surface area contributed by atoms with Crippen LogP contribution in [-0.2, 0) is 19.0 Å². The first kappa shape index (κ1) is 14.0. The minimum absolute atomic E-state index is 0.200. The molecular weight excluding hydrogens is 244 g/mol. The van der Waals surface area contributed by atoms with Crippen LogP contribution in [0.15, 0.2) is 30.3 Å². The first-order valence-electron chi connectivity index (χ1n) is 6.71. The normalized spacial score (nSPS) is 20.8. The maximum atomic E-state index is 11.0. The third kappa shape index (κ3) is 4.65. The maximum Gasteiger partial charge on any atom is 0.302 e. The van der Waals surface area contributed by atoms with E-state index in [9.17, 15) is 4.79 Å². The van der Waals surface area contributed by atoms with Gasteiger partial charge in [-0.25, -0.2) is 0 Å². The SMILES string of the molecule is CC(=O)OCC(OC1CCCCO1)c1ccccc1. The fourth-order valence-corrected chi connectivity index (χ4v) is 2.08. The summed E-state index contributed by atoms with van der Waals surface area (Å²) in [6, 6.07) is 9.78. The molecule has 0 bridgehead atoms. The van der Waals surface area contributed by atoms with E-state index < -0.39 is 0 Å². The molecular formula is C15H20O4. The highest BCUT2D eigenvalue weighted by atomic mass is 16.7. The predicted octanol–water partition coefficient (Wildman–Crippen LogP) is 2.83. The highest BCUT2D eigenvalue weighted by Crippen LogP contribution is 2.24. The van der Waals surface area contributed by atoms with Gasteiger partial charge in [0.1, 0.15) is 12.7 Å². The largest absolute Gasteiger partial charge is 0.463 e. The molecule has 0 saturated carbocycles. The van der Waals surface area contributed by atoms with Gasteiger partial charge in [0.05, 0.1) is 0 Å². The molecule has 1 aromatic carbocycles. The summed E-state index contributed by atoms with van der Waals surface area (Å²) in [5.74, 6) is -0.297. The number of esters is 1. The average molecular weight is 264 g/mol. The Labute approximate surface area is 113 Å². The summed E-state index contributed by atoms with van der Waals surface area (Å²) in [6.07, 6.45) is 2.62. The standard InChI is InChI=1S/C15H20O4/c1-12(16)18-11-14(13-7-3-2-4-8-13)19-15-9-5-6-10-17-15/h2-4,7-8,14-15H,5-6,9-11H2,1H3. The molecule has 1 aromatic rings. The van der Waals surface area contributed by atoms with E-state index in [0.29, 0.717) is 0 Å². The lowest BCUT2D eigenvalue weighted by Gasteiger charge is -2.27. The van der Waals surface area contributed by atoms with Crippen LogP contribution in [0.2, 0.25) is 0 Å². The summed E-state index contributed by atoms with van der Waals surface area (Å²) >= 11 is 0. The Bertz CT molecular complexity index is 384. The summed E-state index contributed by atoms with van der Waals surface area (Å²) in [7, 11) is 0. The molecule has 1 fully saturated rings. The van der Waals surface area contributed by atoms with Crippen LogP contribution in [0.5, 0.6) is 0 Å². The molecule has 4 nitrogen and oxygen atoms in total. The molecule has 0 spiro atoms. The molecule has 1 heterocycles. The zero-order valence-electron chi connectivity index (χ0n) is 11.2. The van der Waals surface area contributed by atoms with Crippen molar-refractivity contribution in [2.45, 2.75) is 38.6 Å². The molecule has 1 aliphatic heterocycles. The average Bonchev–Trinajstić information content (AvgIpc) is 2.45. The van der Waals surface area contributed by atoms with Crippen LogP contribution in [0.1, 0.15) is 37.9 Å². The third-order valence-electron chi connectivity index (χ3n) is 3.06. The van der Waals surface area contributed by atoms with Crippen LogP contribution in [0.3, 0.4) is 0 Å². The van der Waals surface area contributed by atoms with Gasteiger partial charge in [0, 0.05) is 13.5 Å². The highest BCUT2D eigenvalue weighted by molar-refractivity contribution is 5.65. The Kier molecular flexibility index (Phi) is 5.36. The molecule has 0 amide bonds. The molecule has 1 saturated heterocycles. The zero-order chi connectivity index (χ0) is 13.5. The van der Waals surface area contributed by atoms with Crippen LogP contribution in [0.25, 0.3) is 0 Å². The fourth-order valence-electron chi connectivity index (χ4n) is 2.08. The van der Waals surface area contributed by atoms with Crippen molar-refractivity contribution in [2.24, 2.45) is 0 Å². The van der Waals surface area contributed by atoms with E-state index in [1.807, 2.05) is 30.3 Å². The van der Waals surface area contributed by atoms with E-state index in [-0.39, 0.29) is 25.0 Å². The zero-order valence-corrected chi connectivity index (χ0v) is 11.2. The Hall–Kier alpha value is -1.39. The van der Waals surface area contributed by atoms with Crippen molar-refractivity contribution in [3.05, 3.63) is 35.9 Å². The van der Waals surface area contributed by atoms with E-state index in [0.717, 1.165) is 31.4 Å². The second-order valence-electron chi connectivity index (χ2n) is 4.63. The second kappa shape index (κ2) is 7.26. The number of hydrogen-bond donors (Lipinski definition) is 0. The molecule has 2 rings (SSSR count). The molecule has 0 N–H and O–H groups in total. The number of hydrogen-bond acceptors (Lipinski definition) is 4. The molecule has 2 atom stereocenters. The summed E-state index contributed by atoms with van der Waals surface area (Å²) < 4.78 is 16.6. The van der Waals surface area contributed by atoms with Crippen LogP contribution < -0.4 is 0 Å². The van der Waals surface area contributed by atoms with Gasteiger partial charge in [0.15, 0.2) is 6.29 Å². The summed E-state index contributed by atoms with van der Waals surface area (Å²) in [5.41, 5.74) is 0.998. The van der Waals surface area contributed by atoms with E-state index in [2.05, 4.69) is 0 Å². The van der Waals surface area contributed by atoms with Crippen LogP contribution in [0.4, 0.5) is 0 Å². The fraction of sp³-hybridized carbons (Fsp3) is 0.533. The van der Waals surface area contributed by atoms with Crippen molar-refractivity contribution in [1.82, 2.24) is 0 Å². The van der Waals surface area contributed by atoms with Gasteiger partial charge in [0.2, 0.25) is 0 Å². The minimum atomic E-state index is -0.297. The van der Waals surface area contributed by atoms with Crippen molar-refractivity contribution in [3.8, 4) is 0 Å². The van der Waals surface area contributed by atoms with Gasteiger partial charge < -0.3 is 14.2 Å². The Morgan fingerprint density at radius 3 is 2.79 bits per heavy atom. The highest BCUT2D eigenvalue weighted by Gasteiger charge is 2.21. The van der Waals surface area contributed by atoms with Crippen molar-refractivity contribution < 1.29 is 19.0 Å². The summed E-state index contributed by atoms with van der Waals surface area (Å²) in [4.78, 5) is 11.0. The Morgan fingerprint density at radius 2 is 2.16 bits per heavy atom. The van der Waals surface area contributed by atoms with E-state index in [1.54, 1.807) is 0 Å². The summed E-state index contributed by atoms with van der Waals surface area (Å²) in [5, 5.41) is 0. The number of carbonyl (C=O) groups is 1. The Morgan fingerprint density at radius 1 is 1.37 bits per heavy atom. The van der Waals surface area contributed by atoms with Gasteiger partial charge in [0.25, 0.3) is 0 Å². The van der Waals surface area contributed by atoms with Crippen LogP contribution in [-0.4, -0.2) is 25.5 Å². The smallest absolute Gasteiger partial charge is 0.302 e. The number of benzene rings is 1. The monoisotopic (exact) mass is 264 g/mol. The topological polar surface area (TPSA) is 44.8 Å². The van der Waals surface area contributed by atoms with Gasteiger partial charge in [-0.2, -0.15) is 0 Å². The number of rotatable bonds is 5. The predicted molar refractivity (Wildman–Crippen MR) is 70.5 cm³/mol. The molecule has 19 heavy (non-hydrogen) atoms. The van der Waals surface area contributed by atoms with Crippen LogP contribution >= 0.6 is 0 Å². The van der Waals surface area contributed by atoms with Gasteiger partial charge in [-0.15, -0.1) is 0 Å². The first-order valence-corrected chi connectivity index (χ1v) is 6.71. The second-order valence-corrected chi connectivity index (χ2v) is 4.63. The minimum Gasteiger partial charge on any atom is -0.463 e. The van der Waals surface area contributed by atoms with E-state index in [4.69, 9.17) is 14.2 Å². The summed E-state index contributed by atoms with van der Waals surface area (Å²) in [6.45, 7) is 2.36. The molecule has 4 heteroatoms. The Balaban J connectivity index is 1.98. The van der Waals surface area contributed by atoms with Gasteiger partial charge in [-0.1, -0.05) is 30.3 Å². The van der Waals surface area contributed by atoms with Gasteiger partial charge >= 0.3 is 5.97 Å². The molecule has 2 unspecified atom stereocenters. The van der Waals surface area contributed by atoms with Crippen molar-refractivity contribution >= 4 is 5.97 Å². The quantitative estimate of drug-likeness (QED) is 0.767. The van der Waals surface area contributed by atoms with Crippen LogP contribution in [0, 0.1) is 0 Å².